The minimum Gasteiger partial charge on any atom is -0.355 e. The molecule has 2 aromatic rings. The largest absolute Gasteiger partial charge is 0.355 e. The Morgan fingerprint density at radius 3 is 2.08 bits per heavy atom. The number of non-ortho nitro benzene ring substituents is 1. The predicted molar refractivity (Wildman–Crippen MR) is 94.3 cm³/mol. The van der Waals surface area contributed by atoms with Gasteiger partial charge in [0.05, 0.1) is 10.6 Å². The van der Waals surface area contributed by atoms with Crippen LogP contribution in [0.5, 0.6) is 0 Å². The van der Waals surface area contributed by atoms with Gasteiger partial charge in [-0.3, -0.25) is 19.7 Å². The molecule has 1 aliphatic rings. The first-order chi connectivity index (χ1) is 11.9. The van der Waals surface area contributed by atoms with E-state index in [1.807, 2.05) is 13.8 Å². The lowest BCUT2D eigenvalue weighted by Gasteiger charge is -2.24. The molecule has 0 heterocycles. The molecule has 0 radical (unpaired) electrons. The summed E-state index contributed by atoms with van der Waals surface area (Å²) in [5.74, 6) is -1.17. The molecule has 0 spiro atoms. The summed E-state index contributed by atoms with van der Waals surface area (Å²) in [5, 5.41) is 13.9. The summed E-state index contributed by atoms with van der Waals surface area (Å²) in [6.45, 7) is 3.71. The average Bonchev–Trinajstić information content (AvgIpc) is 2.59. The first-order valence-electron chi connectivity index (χ1n) is 7.84. The normalized spacial score (nSPS) is 13.9. The number of benzene rings is 2. The summed E-state index contributed by atoms with van der Waals surface area (Å²) >= 11 is 0. The molecule has 2 aromatic carbocycles. The zero-order valence-corrected chi connectivity index (χ0v) is 13.8. The van der Waals surface area contributed by atoms with Crippen LogP contribution in [-0.2, 0) is 4.79 Å². The van der Waals surface area contributed by atoms with Crippen LogP contribution in [0.25, 0.3) is 5.70 Å². The zero-order valence-electron chi connectivity index (χ0n) is 13.8. The van der Waals surface area contributed by atoms with Gasteiger partial charge in [0, 0.05) is 34.5 Å². The number of nitro groups is 1. The van der Waals surface area contributed by atoms with Gasteiger partial charge in [-0.05, 0) is 18.1 Å². The van der Waals surface area contributed by atoms with Gasteiger partial charge in [-0.1, -0.05) is 38.1 Å². The van der Waals surface area contributed by atoms with Gasteiger partial charge in [-0.15, -0.1) is 0 Å². The Morgan fingerprint density at radius 2 is 1.52 bits per heavy atom. The van der Waals surface area contributed by atoms with Crippen molar-refractivity contribution in [3.05, 3.63) is 75.3 Å². The first-order valence-corrected chi connectivity index (χ1v) is 7.84. The molecule has 0 unspecified atom stereocenters. The van der Waals surface area contributed by atoms with Gasteiger partial charge in [-0.2, -0.15) is 0 Å². The Labute approximate surface area is 144 Å². The van der Waals surface area contributed by atoms with E-state index in [0.717, 1.165) is 0 Å². The SMILES string of the molecule is CC(C)C1=C(Nc2ccc([N+](=O)[O-])cc2)c2ccccc2C(=O)C1=O. The Kier molecular flexibility index (Phi) is 4.19. The highest BCUT2D eigenvalue weighted by atomic mass is 16.6. The van der Waals surface area contributed by atoms with Gasteiger partial charge in [0.15, 0.2) is 0 Å². The Balaban J connectivity index is 2.11. The van der Waals surface area contributed by atoms with Crippen LogP contribution in [-0.4, -0.2) is 16.5 Å². The van der Waals surface area contributed by atoms with Gasteiger partial charge in [-0.25, -0.2) is 0 Å². The summed E-state index contributed by atoms with van der Waals surface area (Å²) in [4.78, 5) is 35.2. The number of hydrogen-bond donors (Lipinski definition) is 1. The number of ketones is 2. The number of nitro benzene ring substituents is 1. The molecule has 1 N–H and O–H groups in total. The van der Waals surface area contributed by atoms with Gasteiger partial charge < -0.3 is 5.32 Å². The minimum absolute atomic E-state index is 0.0149. The van der Waals surface area contributed by atoms with E-state index in [1.54, 1.807) is 36.4 Å². The second kappa shape index (κ2) is 6.32. The number of fused-ring (bicyclic) bond motifs is 1. The molecule has 0 bridgehead atoms. The van der Waals surface area contributed by atoms with Crippen molar-refractivity contribution < 1.29 is 14.5 Å². The van der Waals surface area contributed by atoms with Gasteiger partial charge >= 0.3 is 0 Å². The quantitative estimate of drug-likeness (QED) is 0.520. The lowest BCUT2D eigenvalue weighted by atomic mass is 9.82. The lowest BCUT2D eigenvalue weighted by Crippen LogP contribution is -2.28. The fourth-order valence-electron chi connectivity index (χ4n) is 2.90. The highest BCUT2D eigenvalue weighted by Crippen LogP contribution is 2.34. The summed E-state index contributed by atoms with van der Waals surface area (Å²) in [6, 6.07) is 12.9. The fourth-order valence-corrected chi connectivity index (χ4v) is 2.90. The van der Waals surface area contributed by atoms with Crippen molar-refractivity contribution in [3.8, 4) is 0 Å². The average molecular weight is 336 g/mol. The first kappa shape index (κ1) is 16.6. The molecule has 126 valence electrons. The minimum atomic E-state index is -0.516. The van der Waals surface area contributed by atoms with E-state index in [-0.39, 0.29) is 11.6 Å². The second-order valence-electron chi connectivity index (χ2n) is 6.08. The van der Waals surface area contributed by atoms with Crippen LogP contribution in [0.1, 0.15) is 29.8 Å². The van der Waals surface area contributed by atoms with Gasteiger partial charge in [0.25, 0.3) is 5.69 Å². The van der Waals surface area contributed by atoms with Crippen LogP contribution in [0.2, 0.25) is 0 Å². The molecule has 3 rings (SSSR count). The molecule has 25 heavy (non-hydrogen) atoms. The van der Waals surface area contributed by atoms with E-state index in [4.69, 9.17) is 0 Å². The van der Waals surface area contributed by atoms with E-state index in [0.29, 0.717) is 28.1 Å². The van der Waals surface area contributed by atoms with Gasteiger partial charge in [0.2, 0.25) is 11.6 Å². The Hall–Kier alpha value is -3.28. The molecule has 0 saturated carbocycles. The lowest BCUT2D eigenvalue weighted by molar-refractivity contribution is -0.384. The number of Topliss-reactive ketones (excluding diaryl/α,β-unsaturated/α-hetero) is 2. The number of nitrogens with zero attached hydrogens (tertiary/aromatic N) is 1. The molecular weight excluding hydrogens is 320 g/mol. The van der Waals surface area contributed by atoms with Crippen molar-refractivity contribution in [1.29, 1.82) is 0 Å². The monoisotopic (exact) mass is 336 g/mol. The standard InChI is InChI=1S/C19H16N2O4/c1-11(2)16-17(20-12-7-9-13(10-8-12)21(24)25)14-5-3-4-6-15(14)18(22)19(16)23/h3-11,20H,1-2H3. The Bertz CT molecular complexity index is 911. The third-order valence-corrected chi connectivity index (χ3v) is 4.09. The van der Waals surface area contributed by atoms with E-state index in [2.05, 4.69) is 5.32 Å². The van der Waals surface area contributed by atoms with Crippen LogP contribution in [0.3, 0.4) is 0 Å². The summed E-state index contributed by atoms with van der Waals surface area (Å²) < 4.78 is 0. The van der Waals surface area contributed by atoms with Crippen LogP contribution in [0.4, 0.5) is 11.4 Å². The maximum atomic E-state index is 12.5. The van der Waals surface area contributed by atoms with Crippen molar-refractivity contribution in [1.82, 2.24) is 0 Å². The van der Waals surface area contributed by atoms with E-state index in [9.17, 15) is 19.7 Å². The fraction of sp³-hybridized carbons (Fsp3) is 0.158. The maximum absolute atomic E-state index is 12.5. The summed E-state index contributed by atoms with van der Waals surface area (Å²) in [7, 11) is 0. The number of nitrogens with one attached hydrogen (secondary N) is 1. The van der Waals surface area contributed by atoms with Gasteiger partial charge in [0.1, 0.15) is 0 Å². The third-order valence-electron chi connectivity index (χ3n) is 4.09. The number of hydrogen-bond acceptors (Lipinski definition) is 5. The van der Waals surface area contributed by atoms with Crippen molar-refractivity contribution in [3.63, 3.8) is 0 Å². The molecule has 6 heteroatoms. The molecule has 0 saturated heterocycles. The number of anilines is 1. The van der Waals surface area contributed by atoms with Crippen molar-refractivity contribution in [2.75, 3.05) is 5.32 Å². The van der Waals surface area contributed by atoms with Crippen molar-refractivity contribution in [2.45, 2.75) is 13.8 Å². The molecule has 0 atom stereocenters. The molecule has 6 nitrogen and oxygen atoms in total. The number of carbonyl (C=O) groups is 2. The summed E-state index contributed by atoms with van der Waals surface area (Å²) in [5.41, 5.74) is 2.61. The van der Waals surface area contributed by atoms with E-state index >= 15 is 0 Å². The van der Waals surface area contributed by atoms with Crippen LogP contribution in [0, 0.1) is 16.0 Å². The molecule has 0 fully saturated rings. The molecular formula is C19H16N2O4. The van der Waals surface area contributed by atoms with Crippen molar-refractivity contribution in [2.24, 2.45) is 5.92 Å². The van der Waals surface area contributed by atoms with Crippen LogP contribution >= 0.6 is 0 Å². The van der Waals surface area contributed by atoms with Crippen LogP contribution < -0.4 is 5.32 Å². The number of allylic oxidation sites excluding steroid dienone is 1. The van der Waals surface area contributed by atoms with E-state index in [1.165, 1.54) is 12.1 Å². The summed E-state index contributed by atoms with van der Waals surface area (Å²) in [6.07, 6.45) is 0. The molecule has 0 aromatic heterocycles. The number of carbonyl (C=O) groups excluding carboxylic acids is 2. The third kappa shape index (κ3) is 2.94. The van der Waals surface area contributed by atoms with E-state index < -0.39 is 16.5 Å². The second-order valence-corrected chi connectivity index (χ2v) is 6.08. The highest BCUT2D eigenvalue weighted by molar-refractivity contribution is 6.52. The maximum Gasteiger partial charge on any atom is 0.269 e. The molecule has 0 amide bonds. The Morgan fingerprint density at radius 1 is 0.920 bits per heavy atom. The highest BCUT2D eigenvalue weighted by Gasteiger charge is 2.33. The van der Waals surface area contributed by atoms with Crippen molar-refractivity contribution >= 4 is 28.6 Å². The smallest absolute Gasteiger partial charge is 0.269 e. The predicted octanol–water partition coefficient (Wildman–Crippen LogP) is 3.84. The van der Waals surface area contributed by atoms with Crippen LogP contribution in [0.15, 0.2) is 54.1 Å². The molecule has 1 aliphatic carbocycles. The zero-order chi connectivity index (χ0) is 18.1. The molecule has 0 aliphatic heterocycles. The number of rotatable bonds is 4. The topological polar surface area (TPSA) is 89.3 Å².